The zero-order valence-electron chi connectivity index (χ0n) is 17.8. The van der Waals surface area contributed by atoms with Gasteiger partial charge in [-0.15, -0.1) is 0 Å². The fraction of sp³-hybridized carbons (Fsp3) is 0.667. The summed E-state index contributed by atoms with van der Waals surface area (Å²) in [5, 5.41) is 16.0. The van der Waals surface area contributed by atoms with E-state index in [1.165, 1.54) is 6.92 Å². The van der Waals surface area contributed by atoms with Gasteiger partial charge in [-0.2, -0.15) is 0 Å². The maximum atomic E-state index is 12.7. The van der Waals surface area contributed by atoms with Crippen molar-refractivity contribution in [2.24, 2.45) is 23.1 Å². The largest absolute Gasteiger partial charge is 0.480 e. The van der Waals surface area contributed by atoms with Crippen LogP contribution in [-0.4, -0.2) is 64.8 Å². The van der Waals surface area contributed by atoms with Gasteiger partial charge in [-0.3, -0.25) is 28.8 Å². The molecule has 13 nitrogen and oxygen atoms in total. The zero-order valence-corrected chi connectivity index (χ0v) is 17.8. The molecule has 0 aromatic carbocycles. The highest BCUT2D eigenvalue weighted by molar-refractivity contribution is 5.94. The highest BCUT2D eigenvalue weighted by Gasteiger charge is 2.31. The molecule has 10 N–H and O–H groups in total. The number of carbonyl (C=O) groups excluding carboxylic acids is 5. The molecule has 0 spiro atoms. The molecule has 0 fully saturated rings. The molecule has 0 radical (unpaired) electrons. The van der Waals surface area contributed by atoms with Crippen LogP contribution < -0.4 is 33.2 Å². The highest BCUT2D eigenvalue weighted by atomic mass is 16.4. The summed E-state index contributed by atoms with van der Waals surface area (Å²) >= 11 is 0. The highest BCUT2D eigenvalue weighted by Crippen LogP contribution is 2.06. The van der Waals surface area contributed by atoms with E-state index >= 15 is 0 Å². The van der Waals surface area contributed by atoms with E-state index in [0.29, 0.717) is 0 Å². The lowest BCUT2D eigenvalue weighted by atomic mass is 10.0. The lowest BCUT2D eigenvalue weighted by Crippen LogP contribution is -2.58. The third-order valence-electron chi connectivity index (χ3n) is 4.33. The lowest BCUT2D eigenvalue weighted by Gasteiger charge is -2.26. The zero-order chi connectivity index (χ0) is 24.3. The van der Waals surface area contributed by atoms with E-state index in [1.54, 1.807) is 13.8 Å². The van der Waals surface area contributed by atoms with Crippen LogP contribution >= 0.6 is 0 Å². The third kappa shape index (κ3) is 10.9. The Morgan fingerprint density at radius 3 is 1.74 bits per heavy atom. The molecule has 0 heterocycles. The predicted octanol–water partition coefficient (Wildman–Crippen LogP) is -2.94. The van der Waals surface area contributed by atoms with Crippen molar-refractivity contribution in [1.29, 1.82) is 0 Å². The Kier molecular flexibility index (Phi) is 11.8. The van der Waals surface area contributed by atoms with E-state index in [2.05, 4.69) is 16.0 Å². The Bertz CT molecular complexity index is 697. The summed E-state index contributed by atoms with van der Waals surface area (Å²) in [6.07, 6.45) is -0.573. The molecule has 5 amide bonds. The van der Waals surface area contributed by atoms with Crippen LogP contribution in [0.4, 0.5) is 0 Å². The predicted molar refractivity (Wildman–Crippen MR) is 109 cm³/mol. The average Bonchev–Trinajstić information content (AvgIpc) is 2.65. The molecule has 0 saturated heterocycles. The molecule has 0 aliphatic carbocycles. The number of primary amides is 2. The number of hydrogen-bond acceptors (Lipinski definition) is 7. The molecule has 0 bridgehead atoms. The van der Waals surface area contributed by atoms with Crippen LogP contribution in [0.5, 0.6) is 0 Å². The number of nitrogens with two attached hydrogens (primary N) is 3. The van der Waals surface area contributed by atoms with Gasteiger partial charge in [0.2, 0.25) is 29.5 Å². The van der Waals surface area contributed by atoms with Crippen molar-refractivity contribution in [2.45, 2.75) is 70.6 Å². The third-order valence-corrected chi connectivity index (χ3v) is 4.33. The quantitative estimate of drug-likeness (QED) is 0.146. The molecule has 0 aromatic rings. The van der Waals surface area contributed by atoms with Gasteiger partial charge in [0.1, 0.15) is 18.1 Å². The fourth-order valence-electron chi connectivity index (χ4n) is 2.42. The minimum Gasteiger partial charge on any atom is -0.480 e. The van der Waals surface area contributed by atoms with Gasteiger partial charge < -0.3 is 38.3 Å². The second-order valence-electron chi connectivity index (χ2n) is 7.48. The number of rotatable bonds is 14. The number of aliphatic carboxylic acids is 1. The minimum atomic E-state index is -1.25. The van der Waals surface area contributed by atoms with Crippen molar-refractivity contribution >= 4 is 35.5 Å². The van der Waals surface area contributed by atoms with Crippen LogP contribution in [0.2, 0.25) is 0 Å². The van der Waals surface area contributed by atoms with E-state index in [9.17, 15) is 28.8 Å². The summed E-state index contributed by atoms with van der Waals surface area (Å²) in [6, 6.07) is -4.66. The number of nitrogens with one attached hydrogen (secondary N) is 3. The molecule has 4 unspecified atom stereocenters. The molecule has 0 rings (SSSR count). The van der Waals surface area contributed by atoms with E-state index in [0.717, 1.165) is 0 Å². The maximum absolute atomic E-state index is 12.7. The first-order valence-electron chi connectivity index (χ1n) is 9.72. The number of carboxylic acid groups (broad SMARTS) is 1. The van der Waals surface area contributed by atoms with Gasteiger partial charge in [-0.25, -0.2) is 0 Å². The topological polar surface area (TPSA) is 237 Å². The average molecular weight is 444 g/mol. The molecular formula is C18H32N6O7. The normalized spacial score (nSPS) is 14.6. The molecular weight excluding hydrogens is 412 g/mol. The van der Waals surface area contributed by atoms with E-state index in [4.69, 9.17) is 22.3 Å². The van der Waals surface area contributed by atoms with Crippen molar-refractivity contribution < 1.29 is 33.9 Å². The molecule has 13 heteroatoms. The first-order chi connectivity index (χ1) is 14.3. The standard InChI is InChI=1S/C18H32N6O7/c1-8(2)14(17(29)22-9(3)18(30)31)24-16(28)11(5-7-13(21)26)23-15(27)10(19)4-6-12(20)25/h8-11,14H,4-7,19H2,1-3H3,(H2,20,25)(H2,21,26)(H,22,29)(H,23,27)(H,24,28)(H,30,31). The van der Waals surface area contributed by atoms with Gasteiger partial charge in [0.05, 0.1) is 6.04 Å². The van der Waals surface area contributed by atoms with Crippen LogP contribution in [-0.2, 0) is 28.8 Å². The first-order valence-corrected chi connectivity index (χ1v) is 9.72. The van der Waals surface area contributed by atoms with Gasteiger partial charge >= 0.3 is 5.97 Å². The van der Waals surface area contributed by atoms with Crippen LogP contribution in [0.15, 0.2) is 0 Å². The van der Waals surface area contributed by atoms with Gasteiger partial charge in [0.25, 0.3) is 0 Å². The van der Waals surface area contributed by atoms with Crippen molar-refractivity contribution in [3.05, 3.63) is 0 Å². The summed E-state index contributed by atoms with van der Waals surface area (Å²) in [4.78, 5) is 70.3. The molecule has 0 saturated carbocycles. The first kappa shape index (κ1) is 27.8. The number of amides is 5. The molecule has 176 valence electrons. The molecule has 0 aromatic heterocycles. The molecule has 0 aliphatic rings. The Balaban J connectivity index is 5.32. The van der Waals surface area contributed by atoms with Crippen LogP contribution in [0.25, 0.3) is 0 Å². The second-order valence-corrected chi connectivity index (χ2v) is 7.48. The van der Waals surface area contributed by atoms with Crippen molar-refractivity contribution in [3.8, 4) is 0 Å². The van der Waals surface area contributed by atoms with Crippen molar-refractivity contribution in [2.75, 3.05) is 0 Å². The van der Waals surface area contributed by atoms with Gasteiger partial charge in [-0.1, -0.05) is 13.8 Å². The molecule has 0 aliphatic heterocycles. The summed E-state index contributed by atoms with van der Waals surface area (Å²) in [5.74, 6) is -5.29. The van der Waals surface area contributed by atoms with Crippen LogP contribution in [0, 0.1) is 5.92 Å². The van der Waals surface area contributed by atoms with Gasteiger partial charge in [-0.05, 0) is 25.7 Å². The van der Waals surface area contributed by atoms with Crippen LogP contribution in [0.1, 0.15) is 46.5 Å². The van der Waals surface area contributed by atoms with Gasteiger partial charge in [0, 0.05) is 12.8 Å². The number of hydrogen-bond donors (Lipinski definition) is 7. The minimum absolute atomic E-state index is 0.0462. The fourth-order valence-corrected chi connectivity index (χ4v) is 2.42. The summed E-state index contributed by atoms with van der Waals surface area (Å²) in [5.41, 5.74) is 15.8. The number of carbonyl (C=O) groups is 6. The lowest BCUT2D eigenvalue weighted by molar-refractivity contribution is -0.142. The van der Waals surface area contributed by atoms with Crippen LogP contribution in [0.3, 0.4) is 0 Å². The van der Waals surface area contributed by atoms with E-state index < -0.39 is 65.6 Å². The van der Waals surface area contributed by atoms with Crippen molar-refractivity contribution in [3.63, 3.8) is 0 Å². The molecule has 4 atom stereocenters. The Morgan fingerprint density at radius 2 is 1.29 bits per heavy atom. The maximum Gasteiger partial charge on any atom is 0.325 e. The molecule has 31 heavy (non-hydrogen) atoms. The smallest absolute Gasteiger partial charge is 0.325 e. The summed E-state index contributed by atoms with van der Waals surface area (Å²) in [6.45, 7) is 4.53. The summed E-state index contributed by atoms with van der Waals surface area (Å²) < 4.78 is 0. The number of carboxylic acids is 1. The monoisotopic (exact) mass is 444 g/mol. The SMILES string of the molecule is CC(NC(=O)C(NC(=O)C(CCC(N)=O)NC(=O)C(N)CCC(N)=O)C(C)C)C(=O)O. The summed E-state index contributed by atoms with van der Waals surface area (Å²) in [7, 11) is 0. The van der Waals surface area contributed by atoms with Gasteiger partial charge in [0.15, 0.2) is 0 Å². The second kappa shape index (κ2) is 13.2. The Labute approximate surface area is 179 Å². The van der Waals surface area contributed by atoms with Crippen molar-refractivity contribution in [1.82, 2.24) is 16.0 Å². The Morgan fingerprint density at radius 1 is 0.774 bits per heavy atom. The van der Waals surface area contributed by atoms with E-state index in [-0.39, 0.29) is 25.7 Å². The Hall–Kier alpha value is -3.22. The van der Waals surface area contributed by atoms with E-state index in [1.807, 2.05) is 0 Å².